The van der Waals surface area contributed by atoms with Gasteiger partial charge in [0.05, 0.1) is 16.6 Å². The molecule has 3 N–H and O–H groups in total. The number of nitrogens with two attached hydrogens (primary N) is 1. The number of aliphatic hydroxyl groups is 1. The Kier molecular flexibility index (Phi) is 5.16. The van der Waals surface area contributed by atoms with Crippen LogP contribution in [0, 0.1) is 0 Å². The predicted molar refractivity (Wildman–Crippen MR) is 81.9 cm³/mol. The lowest BCUT2D eigenvalue weighted by atomic mass is 9.92. The largest absolute Gasteiger partial charge is 0.484 e. The maximum atomic E-state index is 12.1. The van der Waals surface area contributed by atoms with E-state index in [1.165, 1.54) is 11.0 Å². The molecule has 1 aromatic carbocycles. The number of amides is 2. The first-order chi connectivity index (χ1) is 10.3. The van der Waals surface area contributed by atoms with E-state index in [1.807, 2.05) is 0 Å². The van der Waals surface area contributed by atoms with E-state index < -0.39 is 11.5 Å². The minimum absolute atomic E-state index is 0.119. The van der Waals surface area contributed by atoms with Gasteiger partial charge in [-0.3, -0.25) is 9.59 Å². The van der Waals surface area contributed by atoms with E-state index in [0.29, 0.717) is 28.8 Å². The van der Waals surface area contributed by atoms with Crippen LogP contribution in [0.25, 0.3) is 0 Å². The van der Waals surface area contributed by atoms with Crippen LogP contribution in [0.4, 0.5) is 0 Å². The number of carbonyl (C=O) groups is 2. The number of carbonyl (C=O) groups excluding carboxylic acids is 2. The number of ether oxygens (including phenoxy) is 1. The number of piperidine rings is 1. The highest BCUT2D eigenvalue weighted by Gasteiger charge is 2.40. The van der Waals surface area contributed by atoms with Crippen molar-refractivity contribution in [1.82, 2.24) is 4.90 Å². The molecular weight excluding hydrogens is 331 g/mol. The van der Waals surface area contributed by atoms with Crippen molar-refractivity contribution in [3.8, 4) is 5.75 Å². The van der Waals surface area contributed by atoms with E-state index in [2.05, 4.69) is 0 Å². The van der Waals surface area contributed by atoms with Crippen LogP contribution in [-0.2, 0) is 9.59 Å². The SMILES string of the molecule is NC(=O)C1(O)CCCN(C(=O)COc2ccc(Cl)c(Cl)c2)C1. The van der Waals surface area contributed by atoms with Crippen LogP contribution < -0.4 is 10.5 Å². The molecule has 0 aromatic heterocycles. The Hall–Kier alpha value is -1.50. The third kappa shape index (κ3) is 3.82. The number of hydrogen-bond donors (Lipinski definition) is 2. The second kappa shape index (κ2) is 6.73. The van der Waals surface area contributed by atoms with Crippen molar-refractivity contribution >= 4 is 35.0 Å². The minimum atomic E-state index is -1.67. The van der Waals surface area contributed by atoms with E-state index in [1.54, 1.807) is 12.1 Å². The number of nitrogens with zero attached hydrogens (tertiary/aromatic N) is 1. The summed E-state index contributed by atoms with van der Waals surface area (Å²) in [6, 6.07) is 4.67. The van der Waals surface area contributed by atoms with Crippen LogP contribution >= 0.6 is 23.2 Å². The molecule has 1 aromatic rings. The number of rotatable bonds is 4. The average molecular weight is 347 g/mol. The summed E-state index contributed by atoms with van der Waals surface area (Å²) in [4.78, 5) is 24.7. The highest BCUT2D eigenvalue weighted by atomic mass is 35.5. The lowest BCUT2D eigenvalue weighted by molar-refractivity contribution is -0.150. The lowest BCUT2D eigenvalue weighted by Crippen LogP contribution is -2.57. The maximum absolute atomic E-state index is 12.1. The Bertz CT molecular complexity index is 596. The number of hydrogen-bond acceptors (Lipinski definition) is 4. The van der Waals surface area contributed by atoms with Crippen LogP contribution in [0.1, 0.15) is 12.8 Å². The van der Waals surface area contributed by atoms with Gasteiger partial charge in [0.15, 0.2) is 12.2 Å². The van der Waals surface area contributed by atoms with Crippen molar-refractivity contribution in [1.29, 1.82) is 0 Å². The molecule has 0 saturated carbocycles. The van der Waals surface area contributed by atoms with Crippen molar-refractivity contribution in [2.75, 3.05) is 19.7 Å². The van der Waals surface area contributed by atoms with Gasteiger partial charge in [-0.05, 0) is 25.0 Å². The third-order valence-corrected chi connectivity index (χ3v) is 4.27. The summed E-state index contributed by atoms with van der Waals surface area (Å²) < 4.78 is 5.35. The smallest absolute Gasteiger partial charge is 0.260 e. The quantitative estimate of drug-likeness (QED) is 0.856. The van der Waals surface area contributed by atoms with E-state index in [0.717, 1.165) is 0 Å². The first kappa shape index (κ1) is 16.9. The zero-order valence-electron chi connectivity index (χ0n) is 11.7. The van der Waals surface area contributed by atoms with E-state index in [9.17, 15) is 14.7 Å². The highest BCUT2D eigenvalue weighted by molar-refractivity contribution is 6.42. The van der Waals surface area contributed by atoms with Gasteiger partial charge in [-0.15, -0.1) is 0 Å². The van der Waals surface area contributed by atoms with Gasteiger partial charge in [0.25, 0.3) is 11.8 Å². The number of β-amino-alcohol motifs (C(OH)–C–C–N with tert-alkyl or cyclic N) is 1. The topological polar surface area (TPSA) is 92.9 Å². The fraction of sp³-hybridized carbons (Fsp3) is 0.429. The summed E-state index contributed by atoms with van der Waals surface area (Å²) >= 11 is 11.7. The summed E-state index contributed by atoms with van der Waals surface area (Å²) in [5.41, 5.74) is 3.51. The minimum Gasteiger partial charge on any atom is -0.484 e. The van der Waals surface area contributed by atoms with E-state index >= 15 is 0 Å². The molecule has 0 aliphatic carbocycles. The molecule has 1 aliphatic rings. The standard InChI is InChI=1S/C14H16Cl2N2O4/c15-10-3-2-9(6-11(10)16)22-7-12(19)18-5-1-4-14(21,8-18)13(17)20/h2-3,6,21H,1,4-5,7-8H2,(H2,17,20). The molecule has 22 heavy (non-hydrogen) atoms. The van der Waals surface area contributed by atoms with Gasteiger partial charge in [-0.2, -0.15) is 0 Å². The van der Waals surface area contributed by atoms with Crippen LogP contribution in [0.5, 0.6) is 5.75 Å². The van der Waals surface area contributed by atoms with Crippen LogP contribution in [0.2, 0.25) is 10.0 Å². The highest BCUT2D eigenvalue weighted by Crippen LogP contribution is 2.26. The normalized spacial score (nSPS) is 21.5. The van der Waals surface area contributed by atoms with Crippen LogP contribution in [0.3, 0.4) is 0 Å². The predicted octanol–water partition coefficient (Wildman–Crippen LogP) is 1.21. The van der Waals surface area contributed by atoms with Crippen molar-refractivity contribution in [2.24, 2.45) is 5.73 Å². The Labute approximate surface area is 137 Å². The number of benzene rings is 1. The number of halogens is 2. The molecule has 2 rings (SSSR count). The molecule has 1 fully saturated rings. The Balaban J connectivity index is 1.94. The van der Waals surface area contributed by atoms with Crippen LogP contribution in [-0.4, -0.2) is 47.1 Å². The van der Waals surface area contributed by atoms with Gasteiger partial charge < -0.3 is 20.5 Å². The maximum Gasteiger partial charge on any atom is 0.260 e. The van der Waals surface area contributed by atoms with E-state index in [-0.39, 0.29) is 25.5 Å². The van der Waals surface area contributed by atoms with Crippen molar-refractivity contribution < 1.29 is 19.4 Å². The van der Waals surface area contributed by atoms with Gasteiger partial charge in [-0.25, -0.2) is 0 Å². The molecule has 120 valence electrons. The lowest BCUT2D eigenvalue weighted by Gasteiger charge is -2.36. The second-order valence-corrected chi connectivity index (χ2v) is 5.99. The number of likely N-dealkylation sites (tertiary alicyclic amines) is 1. The first-order valence-corrected chi connectivity index (χ1v) is 7.45. The van der Waals surface area contributed by atoms with Gasteiger partial charge in [-0.1, -0.05) is 23.2 Å². The molecule has 8 heteroatoms. The molecule has 0 radical (unpaired) electrons. The second-order valence-electron chi connectivity index (χ2n) is 5.18. The number of primary amides is 1. The molecule has 1 aliphatic heterocycles. The van der Waals surface area contributed by atoms with E-state index in [4.69, 9.17) is 33.7 Å². The zero-order valence-corrected chi connectivity index (χ0v) is 13.2. The fourth-order valence-corrected chi connectivity index (χ4v) is 2.54. The van der Waals surface area contributed by atoms with Crippen molar-refractivity contribution in [2.45, 2.75) is 18.4 Å². The van der Waals surface area contributed by atoms with Gasteiger partial charge in [0.2, 0.25) is 0 Å². The molecule has 0 spiro atoms. The fourth-order valence-electron chi connectivity index (χ4n) is 2.25. The monoisotopic (exact) mass is 346 g/mol. The average Bonchev–Trinajstić information content (AvgIpc) is 2.48. The Morgan fingerprint density at radius 2 is 2.09 bits per heavy atom. The molecular formula is C14H16Cl2N2O4. The molecule has 0 bridgehead atoms. The summed E-state index contributed by atoms with van der Waals surface area (Å²) in [6.07, 6.45) is 0.748. The summed E-state index contributed by atoms with van der Waals surface area (Å²) in [5, 5.41) is 10.8. The molecule has 1 saturated heterocycles. The summed E-state index contributed by atoms with van der Waals surface area (Å²) in [6.45, 7) is 0.0951. The molecule has 6 nitrogen and oxygen atoms in total. The van der Waals surface area contributed by atoms with Gasteiger partial charge >= 0.3 is 0 Å². The summed E-state index contributed by atoms with van der Waals surface area (Å²) in [7, 11) is 0. The summed E-state index contributed by atoms with van der Waals surface area (Å²) in [5.74, 6) is -0.759. The Morgan fingerprint density at radius 3 is 2.73 bits per heavy atom. The van der Waals surface area contributed by atoms with Gasteiger partial charge in [0, 0.05) is 12.6 Å². The molecule has 1 atom stereocenters. The first-order valence-electron chi connectivity index (χ1n) is 6.70. The third-order valence-electron chi connectivity index (χ3n) is 3.54. The zero-order chi connectivity index (χ0) is 16.3. The molecule has 1 unspecified atom stereocenters. The molecule has 1 heterocycles. The van der Waals surface area contributed by atoms with Crippen molar-refractivity contribution in [3.63, 3.8) is 0 Å². The van der Waals surface area contributed by atoms with Crippen LogP contribution in [0.15, 0.2) is 18.2 Å². The van der Waals surface area contributed by atoms with Crippen molar-refractivity contribution in [3.05, 3.63) is 28.2 Å². The molecule has 2 amide bonds. The Morgan fingerprint density at radius 1 is 1.36 bits per heavy atom. The van der Waals surface area contributed by atoms with Gasteiger partial charge in [0.1, 0.15) is 5.75 Å².